The fourth-order valence-electron chi connectivity index (χ4n) is 3.23. The van der Waals surface area contributed by atoms with Crippen LogP contribution in [0, 0.1) is 6.92 Å². The first-order chi connectivity index (χ1) is 14.3. The summed E-state index contributed by atoms with van der Waals surface area (Å²) >= 11 is 6.18. The summed E-state index contributed by atoms with van der Waals surface area (Å²) in [5, 5.41) is 0.955. The van der Waals surface area contributed by atoms with Gasteiger partial charge in [0, 0.05) is 18.1 Å². The quantitative estimate of drug-likeness (QED) is 0.574. The number of rotatable bonds is 2. The summed E-state index contributed by atoms with van der Waals surface area (Å²) in [4.78, 5) is 51.6. The van der Waals surface area contributed by atoms with Crippen LogP contribution in [0.25, 0.3) is 5.57 Å². The number of thiocarbonyl (C=S) groups is 1. The Bertz CT molecular complexity index is 1170. The molecular weight excluding hydrogens is 422 g/mol. The van der Waals surface area contributed by atoms with Gasteiger partial charge in [-0.15, -0.1) is 0 Å². The first-order valence-corrected chi connectivity index (χ1v) is 10.1. The highest BCUT2D eigenvalue weighted by atomic mass is 32.2. The predicted molar refractivity (Wildman–Crippen MR) is 117 cm³/mol. The van der Waals surface area contributed by atoms with Crippen molar-refractivity contribution < 1.29 is 19.2 Å². The minimum absolute atomic E-state index is 0.0745. The van der Waals surface area contributed by atoms with Gasteiger partial charge in [-0.3, -0.25) is 24.6 Å². The van der Waals surface area contributed by atoms with E-state index < -0.39 is 23.6 Å². The van der Waals surface area contributed by atoms with Crippen molar-refractivity contribution in [3.05, 3.63) is 70.1 Å². The van der Waals surface area contributed by atoms with Gasteiger partial charge in [-0.25, -0.2) is 4.90 Å². The fourth-order valence-corrected chi connectivity index (χ4v) is 4.49. The van der Waals surface area contributed by atoms with Gasteiger partial charge in [0.05, 0.1) is 16.2 Å². The molecule has 0 saturated carbocycles. The number of hydrazine groups is 1. The number of para-hydroxylation sites is 1. The zero-order valence-corrected chi connectivity index (χ0v) is 17.6. The summed E-state index contributed by atoms with van der Waals surface area (Å²) in [5.74, 6) is -2.16. The highest BCUT2D eigenvalue weighted by Gasteiger charge is 2.43. The third-order valence-electron chi connectivity index (χ3n) is 4.67. The van der Waals surface area contributed by atoms with Gasteiger partial charge in [0.1, 0.15) is 0 Å². The lowest BCUT2D eigenvalue weighted by atomic mass is 10.1. The third kappa shape index (κ3) is 3.21. The molecule has 4 rings (SSSR count). The van der Waals surface area contributed by atoms with E-state index >= 15 is 0 Å². The lowest BCUT2D eigenvalue weighted by Crippen LogP contribution is -2.45. The minimum atomic E-state index is -0.617. The lowest BCUT2D eigenvalue weighted by Gasteiger charge is -2.15. The van der Waals surface area contributed by atoms with Crippen molar-refractivity contribution in [2.24, 2.45) is 0 Å². The number of fused-ring (bicyclic) bond motifs is 1. The summed E-state index contributed by atoms with van der Waals surface area (Å²) in [7, 11) is 0. The van der Waals surface area contributed by atoms with E-state index in [0.717, 1.165) is 27.2 Å². The summed E-state index contributed by atoms with van der Waals surface area (Å²) in [6, 6.07) is 13.6. The van der Waals surface area contributed by atoms with Crippen LogP contribution in [0.3, 0.4) is 0 Å². The van der Waals surface area contributed by atoms with E-state index in [1.165, 1.54) is 6.92 Å². The van der Waals surface area contributed by atoms with Crippen LogP contribution in [0.15, 0.2) is 53.4 Å². The number of nitrogens with one attached hydrogen (secondary N) is 1. The minimum Gasteiger partial charge on any atom is -0.274 e. The maximum atomic E-state index is 13.0. The molecule has 150 valence electrons. The molecule has 2 aliphatic heterocycles. The first-order valence-electron chi connectivity index (χ1n) is 8.92. The number of hydrogen-bond donors (Lipinski definition) is 1. The van der Waals surface area contributed by atoms with Gasteiger partial charge in [-0.2, -0.15) is 5.01 Å². The van der Waals surface area contributed by atoms with Gasteiger partial charge in [-0.1, -0.05) is 47.7 Å². The zero-order valence-electron chi connectivity index (χ0n) is 16.0. The summed E-state index contributed by atoms with van der Waals surface area (Å²) in [6.45, 7) is 3.18. The zero-order chi connectivity index (χ0) is 21.6. The molecule has 1 saturated heterocycles. The van der Waals surface area contributed by atoms with Gasteiger partial charge < -0.3 is 0 Å². The van der Waals surface area contributed by atoms with E-state index in [-0.39, 0.29) is 14.8 Å². The Labute approximate surface area is 181 Å². The van der Waals surface area contributed by atoms with Crippen molar-refractivity contribution in [1.29, 1.82) is 0 Å². The topological polar surface area (TPSA) is 86.8 Å². The number of amides is 4. The van der Waals surface area contributed by atoms with Crippen LogP contribution < -0.4 is 10.3 Å². The van der Waals surface area contributed by atoms with E-state index in [4.69, 9.17) is 12.2 Å². The Balaban J connectivity index is 1.69. The summed E-state index contributed by atoms with van der Waals surface area (Å²) in [5.41, 5.74) is 4.85. The smallest absolute Gasteiger partial charge is 0.274 e. The number of anilines is 1. The standard InChI is InChI=1S/C21H15N3O4S2/c1-11-7-9-13(10-8-11)18(26)22-24-20(28)17(30-21(24)29)16-14-5-3-4-6-15(14)23(12(2)25)19(16)27/h3-10H,1-2H3,(H,22,26). The van der Waals surface area contributed by atoms with Gasteiger partial charge in [-0.05, 0) is 37.3 Å². The molecule has 2 aliphatic rings. The molecule has 0 bridgehead atoms. The molecular formula is C21H15N3O4S2. The van der Waals surface area contributed by atoms with Crippen molar-refractivity contribution in [1.82, 2.24) is 10.4 Å². The number of aryl methyl sites for hydroxylation is 1. The summed E-state index contributed by atoms with van der Waals surface area (Å²) < 4.78 is 0.0921. The van der Waals surface area contributed by atoms with Crippen LogP contribution in [-0.4, -0.2) is 33.0 Å². The number of nitrogens with zero attached hydrogens (tertiary/aromatic N) is 2. The second-order valence-electron chi connectivity index (χ2n) is 6.70. The molecule has 0 aromatic heterocycles. The molecule has 2 heterocycles. The van der Waals surface area contributed by atoms with Gasteiger partial charge >= 0.3 is 0 Å². The molecule has 4 amide bonds. The molecule has 0 spiro atoms. The monoisotopic (exact) mass is 437 g/mol. The average molecular weight is 438 g/mol. The van der Waals surface area contributed by atoms with Crippen LogP contribution in [0.4, 0.5) is 5.69 Å². The van der Waals surface area contributed by atoms with E-state index in [2.05, 4.69) is 5.43 Å². The van der Waals surface area contributed by atoms with Gasteiger partial charge in [0.2, 0.25) is 5.91 Å². The molecule has 9 heteroatoms. The predicted octanol–water partition coefficient (Wildman–Crippen LogP) is 2.80. The largest absolute Gasteiger partial charge is 0.286 e. The van der Waals surface area contributed by atoms with Gasteiger partial charge in [0.25, 0.3) is 17.7 Å². The van der Waals surface area contributed by atoms with E-state index in [1.807, 2.05) is 6.92 Å². The number of carbonyl (C=O) groups is 4. The van der Waals surface area contributed by atoms with Crippen LogP contribution in [0.1, 0.15) is 28.4 Å². The van der Waals surface area contributed by atoms with Crippen molar-refractivity contribution in [3.8, 4) is 0 Å². The van der Waals surface area contributed by atoms with E-state index in [9.17, 15) is 19.2 Å². The fraction of sp³-hybridized carbons (Fsp3) is 0.0952. The maximum Gasteiger partial charge on any atom is 0.286 e. The van der Waals surface area contributed by atoms with Crippen LogP contribution >= 0.6 is 24.0 Å². The molecule has 2 aromatic carbocycles. The Morgan fingerprint density at radius 2 is 1.67 bits per heavy atom. The highest BCUT2D eigenvalue weighted by Crippen LogP contribution is 2.44. The van der Waals surface area contributed by atoms with Crippen LogP contribution in [0.5, 0.6) is 0 Å². The van der Waals surface area contributed by atoms with E-state index in [1.54, 1.807) is 48.5 Å². The van der Waals surface area contributed by atoms with Crippen molar-refractivity contribution in [3.63, 3.8) is 0 Å². The van der Waals surface area contributed by atoms with Crippen molar-refractivity contribution >= 4 is 63.2 Å². The molecule has 0 aliphatic carbocycles. The highest BCUT2D eigenvalue weighted by molar-refractivity contribution is 8.26. The van der Waals surface area contributed by atoms with Gasteiger partial charge in [0.15, 0.2) is 4.32 Å². The molecule has 7 nitrogen and oxygen atoms in total. The molecule has 30 heavy (non-hydrogen) atoms. The molecule has 0 radical (unpaired) electrons. The maximum absolute atomic E-state index is 13.0. The number of hydrogen-bond acceptors (Lipinski definition) is 6. The van der Waals surface area contributed by atoms with Crippen LogP contribution in [0.2, 0.25) is 0 Å². The number of benzene rings is 2. The number of imide groups is 1. The Kier molecular flexibility index (Phi) is 5.00. The molecule has 1 N–H and O–H groups in total. The third-order valence-corrected chi connectivity index (χ3v) is 6.04. The molecule has 0 atom stereocenters. The molecule has 1 fully saturated rings. The van der Waals surface area contributed by atoms with Crippen molar-refractivity contribution in [2.75, 3.05) is 4.90 Å². The Hall–Kier alpha value is -3.30. The Morgan fingerprint density at radius 3 is 2.33 bits per heavy atom. The second-order valence-corrected chi connectivity index (χ2v) is 8.34. The normalized spacial score (nSPS) is 18.1. The van der Waals surface area contributed by atoms with Crippen molar-refractivity contribution in [2.45, 2.75) is 13.8 Å². The lowest BCUT2D eigenvalue weighted by molar-refractivity contribution is -0.125. The van der Waals surface area contributed by atoms with Crippen LogP contribution in [-0.2, 0) is 14.4 Å². The second kappa shape index (κ2) is 7.51. The molecule has 2 aromatic rings. The Morgan fingerprint density at radius 1 is 1.00 bits per heavy atom. The first kappa shape index (κ1) is 20.0. The summed E-state index contributed by atoms with van der Waals surface area (Å²) in [6.07, 6.45) is 0. The number of thioether (sulfide) groups is 1. The number of carbonyl (C=O) groups excluding carboxylic acids is 4. The average Bonchev–Trinajstić information content (AvgIpc) is 3.15. The van der Waals surface area contributed by atoms with E-state index in [0.29, 0.717) is 16.8 Å². The molecule has 0 unspecified atom stereocenters. The SMILES string of the molecule is CC(=O)N1C(=O)C(=C2SC(=S)N(NC(=O)c3ccc(C)cc3)C2=O)c2ccccc21.